The molecule has 1 rings (SSSR count). The van der Waals surface area contributed by atoms with Gasteiger partial charge >= 0.3 is 11.9 Å². The lowest BCUT2D eigenvalue weighted by Crippen LogP contribution is -2.42. The van der Waals surface area contributed by atoms with Crippen LogP contribution in [-0.2, 0) is 28.9 Å². The lowest BCUT2D eigenvalue weighted by Gasteiger charge is -2.28. The molecule has 0 N–H and O–H groups in total. The second kappa shape index (κ2) is 9.17. The Morgan fingerprint density at radius 2 is 1.69 bits per heavy atom. The van der Waals surface area contributed by atoms with Crippen LogP contribution in [0.4, 0.5) is 0 Å². The van der Waals surface area contributed by atoms with E-state index in [0.29, 0.717) is 0 Å². The average Bonchev–Trinajstić information content (AvgIpc) is 2.67. The molecule has 0 aromatic heterocycles. The first-order valence-corrected chi connectivity index (χ1v) is 9.25. The van der Waals surface area contributed by atoms with Gasteiger partial charge in [0.15, 0.2) is 5.41 Å². The van der Waals surface area contributed by atoms with Crippen molar-refractivity contribution in [1.82, 2.24) is 0 Å². The van der Waals surface area contributed by atoms with Crippen LogP contribution < -0.4 is 0 Å². The van der Waals surface area contributed by atoms with Gasteiger partial charge in [-0.15, -0.1) is 12.3 Å². The van der Waals surface area contributed by atoms with E-state index in [1.807, 2.05) is 0 Å². The fourth-order valence-corrected chi connectivity index (χ4v) is 3.95. The highest BCUT2D eigenvalue weighted by Gasteiger charge is 2.50. The Morgan fingerprint density at radius 3 is 2.12 bits per heavy atom. The minimum atomic E-state index is -3.99. The summed E-state index contributed by atoms with van der Waals surface area (Å²) in [4.78, 5) is 24.6. The van der Waals surface area contributed by atoms with E-state index in [-0.39, 0.29) is 22.6 Å². The molecule has 0 aliphatic heterocycles. The van der Waals surface area contributed by atoms with Crippen LogP contribution in [0.2, 0.25) is 0 Å². The molecule has 0 atom stereocenters. The van der Waals surface area contributed by atoms with Gasteiger partial charge in [0.2, 0.25) is 9.84 Å². The number of methoxy groups -OCH3 is 2. The molecule has 0 radical (unpaired) electrons. The average molecular weight is 378 g/mol. The molecular formula is C19H22O6S. The minimum absolute atomic E-state index is 0.0125. The topological polar surface area (TPSA) is 86.7 Å². The summed E-state index contributed by atoms with van der Waals surface area (Å²) in [7, 11) is -1.75. The number of allylic oxidation sites excluding steroid dienone is 2. The second-order valence-corrected chi connectivity index (χ2v) is 7.46. The van der Waals surface area contributed by atoms with Gasteiger partial charge < -0.3 is 9.47 Å². The van der Waals surface area contributed by atoms with E-state index in [2.05, 4.69) is 18.9 Å². The smallest absolute Gasteiger partial charge is 0.323 e. The van der Waals surface area contributed by atoms with E-state index in [0.717, 1.165) is 14.2 Å². The zero-order valence-electron chi connectivity index (χ0n) is 14.9. The van der Waals surface area contributed by atoms with Crippen LogP contribution in [0.3, 0.4) is 0 Å². The van der Waals surface area contributed by atoms with Crippen LogP contribution in [0.5, 0.6) is 0 Å². The summed E-state index contributed by atoms with van der Waals surface area (Å²) in [6.07, 6.45) is 1.30. The Labute approximate surface area is 153 Å². The van der Waals surface area contributed by atoms with Crippen molar-refractivity contribution in [3.63, 3.8) is 0 Å². The first-order chi connectivity index (χ1) is 12.3. The fourth-order valence-electron chi connectivity index (χ4n) is 2.53. The van der Waals surface area contributed by atoms with Crippen molar-refractivity contribution in [2.75, 3.05) is 14.2 Å². The molecule has 26 heavy (non-hydrogen) atoms. The molecule has 140 valence electrons. The van der Waals surface area contributed by atoms with E-state index in [9.17, 15) is 18.0 Å². The Balaban J connectivity index is 3.48. The maximum absolute atomic E-state index is 12.9. The number of esters is 2. The molecule has 1 aromatic rings. The predicted octanol–water partition coefficient (Wildman–Crippen LogP) is 2.82. The van der Waals surface area contributed by atoms with Crippen LogP contribution in [0.1, 0.15) is 19.3 Å². The molecule has 1 aromatic carbocycles. The molecule has 0 aliphatic rings. The van der Waals surface area contributed by atoms with Crippen molar-refractivity contribution in [2.24, 2.45) is 5.41 Å². The fraction of sp³-hybridized carbons (Fsp3) is 0.316. The predicted molar refractivity (Wildman–Crippen MR) is 96.8 cm³/mol. The Bertz CT molecular complexity index is 801. The summed E-state index contributed by atoms with van der Waals surface area (Å²) >= 11 is 0. The number of hydrogen-bond donors (Lipinski definition) is 0. The van der Waals surface area contributed by atoms with E-state index in [4.69, 9.17) is 9.47 Å². The molecule has 7 heteroatoms. The third-order valence-electron chi connectivity index (χ3n) is 3.96. The molecule has 0 saturated carbocycles. The second-order valence-electron chi connectivity index (χ2n) is 5.49. The van der Waals surface area contributed by atoms with E-state index in [1.54, 1.807) is 18.2 Å². The highest BCUT2D eigenvalue weighted by Crippen LogP contribution is 2.38. The molecule has 0 saturated heterocycles. The van der Waals surface area contributed by atoms with Gasteiger partial charge in [-0.2, -0.15) is 0 Å². The van der Waals surface area contributed by atoms with Crippen molar-refractivity contribution < 1.29 is 27.5 Å². The summed E-state index contributed by atoms with van der Waals surface area (Å²) in [5.74, 6) is -1.77. The molecule has 0 unspecified atom stereocenters. The van der Waals surface area contributed by atoms with Gasteiger partial charge in [0, 0.05) is 6.42 Å². The highest BCUT2D eigenvalue weighted by molar-refractivity contribution is 7.95. The van der Waals surface area contributed by atoms with Gasteiger partial charge in [-0.25, -0.2) is 8.42 Å². The van der Waals surface area contributed by atoms with E-state index < -0.39 is 33.6 Å². The number of sulfone groups is 1. The molecule has 0 aliphatic carbocycles. The van der Waals surface area contributed by atoms with Crippen LogP contribution >= 0.6 is 0 Å². The van der Waals surface area contributed by atoms with Crippen LogP contribution in [-0.4, -0.2) is 34.6 Å². The number of benzene rings is 1. The lowest BCUT2D eigenvalue weighted by atomic mass is 9.79. The molecule has 0 bridgehead atoms. The Morgan fingerprint density at radius 1 is 1.15 bits per heavy atom. The standard InChI is InChI=1S/C19H22O6S/c1-5-7-13-19(17(20)24-3,18(21)25-4)14-15(6-2)26(22,23)16-11-9-8-10-12-16/h5,8-12H,1-2,7,13-14H2,3-4H3. The summed E-state index contributed by atoms with van der Waals surface area (Å²) in [5.41, 5.74) is 0.534. The monoisotopic (exact) mass is 378 g/mol. The molecule has 0 amide bonds. The highest BCUT2D eigenvalue weighted by atomic mass is 32.2. The summed E-state index contributed by atoms with van der Waals surface area (Å²) < 4.78 is 35.3. The molecule has 0 heterocycles. The lowest BCUT2D eigenvalue weighted by molar-refractivity contribution is -0.169. The van der Waals surface area contributed by atoms with Crippen molar-refractivity contribution in [3.05, 3.63) is 60.2 Å². The summed E-state index contributed by atoms with van der Waals surface area (Å²) in [6, 6.07) is 7.63. The van der Waals surface area contributed by atoms with Gasteiger partial charge in [-0.1, -0.05) is 30.9 Å². The number of carbonyl (C=O) groups is 2. The zero-order chi connectivity index (χ0) is 19.8. The SMILES string of the molecule is C=C=C(CC(CCC=C)(C(=O)OC)C(=O)OC)S(=O)(=O)c1ccccc1. The largest absolute Gasteiger partial charge is 0.468 e. The van der Waals surface area contributed by atoms with Crippen molar-refractivity contribution in [1.29, 1.82) is 0 Å². The van der Waals surface area contributed by atoms with Crippen LogP contribution in [0.15, 0.2) is 65.1 Å². The van der Waals surface area contributed by atoms with Gasteiger partial charge in [0.1, 0.15) is 0 Å². The third kappa shape index (κ3) is 4.31. The molecular weight excluding hydrogens is 356 g/mol. The molecule has 0 spiro atoms. The third-order valence-corrected chi connectivity index (χ3v) is 5.80. The van der Waals surface area contributed by atoms with E-state index in [1.165, 1.54) is 18.2 Å². The van der Waals surface area contributed by atoms with Gasteiger partial charge in [0.25, 0.3) is 0 Å². The first kappa shape index (κ1) is 21.4. The molecule has 0 fully saturated rings. The molecule has 6 nitrogen and oxygen atoms in total. The van der Waals surface area contributed by atoms with Crippen molar-refractivity contribution >= 4 is 21.8 Å². The Kier molecular flexibility index (Phi) is 7.56. The van der Waals surface area contributed by atoms with Crippen molar-refractivity contribution in [3.8, 4) is 0 Å². The zero-order valence-corrected chi connectivity index (χ0v) is 15.7. The summed E-state index contributed by atoms with van der Waals surface area (Å²) in [6.45, 7) is 6.99. The first-order valence-electron chi connectivity index (χ1n) is 7.77. The number of rotatable bonds is 9. The summed E-state index contributed by atoms with van der Waals surface area (Å²) in [5, 5.41) is 0. The van der Waals surface area contributed by atoms with Crippen LogP contribution in [0, 0.1) is 5.41 Å². The van der Waals surface area contributed by atoms with Gasteiger partial charge in [0.05, 0.1) is 24.0 Å². The number of hydrogen-bond acceptors (Lipinski definition) is 6. The van der Waals surface area contributed by atoms with Gasteiger partial charge in [-0.3, -0.25) is 9.59 Å². The maximum atomic E-state index is 12.9. The Hall–Kier alpha value is -2.63. The number of carbonyl (C=O) groups excluding carboxylic acids is 2. The quantitative estimate of drug-likeness (QED) is 0.284. The minimum Gasteiger partial charge on any atom is -0.468 e. The van der Waals surface area contributed by atoms with E-state index >= 15 is 0 Å². The maximum Gasteiger partial charge on any atom is 0.323 e. The van der Waals surface area contributed by atoms with Crippen LogP contribution in [0.25, 0.3) is 0 Å². The van der Waals surface area contributed by atoms with Crippen molar-refractivity contribution in [2.45, 2.75) is 24.2 Å². The van der Waals surface area contributed by atoms with Gasteiger partial charge in [-0.05, 0) is 25.0 Å². The normalized spacial score (nSPS) is 11.2. The number of ether oxygens (including phenoxy) is 2.